The molecule has 5 aromatic rings. The maximum atomic E-state index is 13.9. The first kappa shape index (κ1) is 25.3. The van der Waals surface area contributed by atoms with Crippen molar-refractivity contribution in [2.24, 2.45) is 4.99 Å². The minimum Gasteiger partial charge on any atom is -0.463 e. The van der Waals surface area contributed by atoms with E-state index in [9.17, 15) is 9.59 Å². The van der Waals surface area contributed by atoms with Crippen molar-refractivity contribution in [3.63, 3.8) is 0 Å². The molecular formula is C31H23BrN2O4S. The van der Waals surface area contributed by atoms with Gasteiger partial charge in [0.15, 0.2) is 4.80 Å². The van der Waals surface area contributed by atoms with Gasteiger partial charge in [-0.25, -0.2) is 9.79 Å². The highest BCUT2D eigenvalue weighted by molar-refractivity contribution is 9.10. The lowest BCUT2D eigenvalue weighted by Crippen LogP contribution is -2.40. The van der Waals surface area contributed by atoms with Crippen LogP contribution in [0.2, 0.25) is 0 Å². The first-order chi connectivity index (χ1) is 18.9. The molecule has 0 saturated carbocycles. The fraction of sp³-hybridized carbons (Fsp3) is 0.129. The number of halogens is 1. The molecule has 0 N–H and O–H groups in total. The summed E-state index contributed by atoms with van der Waals surface area (Å²) < 4.78 is 14.5. The summed E-state index contributed by atoms with van der Waals surface area (Å²) in [6.45, 7) is 3.78. The molecule has 0 radical (unpaired) electrons. The molecular weight excluding hydrogens is 576 g/mol. The molecule has 3 aromatic carbocycles. The van der Waals surface area contributed by atoms with Crippen LogP contribution in [-0.2, 0) is 9.53 Å². The predicted molar refractivity (Wildman–Crippen MR) is 156 cm³/mol. The molecule has 39 heavy (non-hydrogen) atoms. The molecule has 1 aliphatic rings. The number of ether oxygens (including phenoxy) is 1. The Hall–Kier alpha value is -4.01. The molecule has 0 spiro atoms. The van der Waals surface area contributed by atoms with Gasteiger partial charge in [-0.3, -0.25) is 9.36 Å². The third-order valence-electron chi connectivity index (χ3n) is 6.66. The van der Waals surface area contributed by atoms with E-state index < -0.39 is 12.0 Å². The summed E-state index contributed by atoms with van der Waals surface area (Å²) in [6, 6.07) is 24.7. The predicted octanol–water partition coefficient (Wildman–Crippen LogP) is 5.97. The largest absolute Gasteiger partial charge is 0.463 e. The minimum atomic E-state index is -0.677. The monoisotopic (exact) mass is 598 g/mol. The Labute approximate surface area is 236 Å². The summed E-state index contributed by atoms with van der Waals surface area (Å²) in [5.74, 6) is 0.785. The van der Waals surface area contributed by atoms with Gasteiger partial charge in [-0.2, -0.15) is 0 Å². The van der Waals surface area contributed by atoms with Gasteiger partial charge in [0.25, 0.3) is 5.56 Å². The second-order valence-corrected chi connectivity index (χ2v) is 11.0. The summed E-state index contributed by atoms with van der Waals surface area (Å²) in [7, 11) is 0. The topological polar surface area (TPSA) is 73.8 Å². The highest BCUT2D eigenvalue weighted by atomic mass is 79.9. The summed E-state index contributed by atoms with van der Waals surface area (Å²) >= 11 is 4.72. The Morgan fingerprint density at radius 2 is 1.85 bits per heavy atom. The Morgan fingerprint density at radius 1 is 1.08 bits per heavy atom. The number of benzene rings is 3. The zero-order valence-electron chi connectivity index (χ0n) is 21.2. The normalized spacial score (nSPS) is 15.4. The molecule has 1 atom stereocenters. The number of carbonyl (C=O) groups is 1. The number of fused-ring (bicyclic) bond motifs is 2. The van der Waals surface area contributed by atoms with E-state index in [1.807, 2.05) is 78.9 Å². The van der Waals surface area contributed by atoms with Crippen molar-refractivity contribution in [2.75, 3.05) is 6.61 Å². The summed E-state index contributed by atoms with van der Waals surface area (Å²) in [5.41, 5.74) is 2.43. The van der Waals surface area contributed by atoms with Crippen molar-refractivity contribution in [2.45, 2.75) is 19.9 Å². The van der Waals surface area contributed by atoms with Crippen LogP contribution in [0.5, 0.6) is 0 Å². The van der Waals surface area contributed by atoms with Crippen molar-refractivity contribution in [1.29, 1.82) is 0 Å². The molecule has 0 aliphatic carbocycles. The lowest BCUT2D eigenvalue weighted by Gasteiger charge is -2.25. The van der Waals surface area contributed by atoms with Gasteiger partial charge in [0, 0.05) is 16.1 Å². The fourth-order valence-corrected chi connectivity index (χ4v) is 6.19. The fourth-order valence-electron chi connectivity index (χ4n) is 4.90. The van der Waals surface area contributed by atoms with Gasteiger partial charge < -0.3 is 9.15 Å². The Balaban J connectivity index is 1.53. The first-order valence-corrected chi connectivity index (χ1v) is 14.1. The Morgan fingerprint density at radius 3 is 2.64 bits per heavy atom. The molecule has 3 heterocycles. The van der Waals surface area contributed by atoms with E-state index >= 15 is 0 Å². The van der Waals surface area contributed by atoms with E-state index in [0.717, 1.165) is 26.4 Å². The van der Waals surface area contributed by atoms with Gasteiger partial charge in [0.05, 0.1) is 28.5 Å². The quantitative estimate of drug-likeness (QED) is 0.233. The average Bonchev–Trinajstić information content (AvgIpc) is 3.52. The number of aromatic nitrogens is 1. The van der Waals surface area contributed by atoms with E-state index in [1.165, 1.54) is 11.3 Å². The number of nitrogens with zero attached hydrogens (tertiary/aromatic N) is 2. The summed E-state index contributed by atoms with van der Waals surface area (Å²) in [6.07, 6.45) is 1.73. The highest BCUT2D eigenvalue weighted by Gasteiger charge is 2.34. The second-order valence-electron chi connectivity index (χ2n) is 9.08. The first-order valence-electron chi connectivity index (χ1n) is 12.5. The molecule has 0 fully saturated rings. The van der Waals surface area contributed by atoms with Crippen LogP contribution in [0.15, 0.2) is 109 Å². The lowest BCUT2D eigenvalue weighted by atomic mass is 9.91. The number of rotatable bonds is 5. The summed E-state index contributed by atoms with van der Waals surface area (Å²) in [4.78, 5) is 32.4. The number of furan rings is 1. The van der Waals surface area contributed by atoms with Crippen LogP contribution >= 0.6 is 27.3 Å². The van der Waals surface area contributed by atoms with E-state index in [2.05, 4.69) is 20.9 Å². The molecule has 8 heteroatoms. The average molecular weight is 600 g/mol. The third-order valence-corrected chi connectivity index (χ3v) is 8.18. The molecule has 6 nitrogen and oxygen atoms in total. The van der Waals surface area contributed by atoms with Gasteiger partial charge in [0.1, 0.15) is 11.5 Å². The SMILES string of the molecule is CCOC(=O)C1=C(C)N=c2sc(=Cc3ccc(-c4ccc(Br)cc4)o3)c(=O)n2[C@@H]1c1cccc2ccccc12. The van der Waals surface area contributed by atoms with Gasteiger partial charge in [-0.1, -0.05) is 81.9 Å². The van der Waals surface area contributed by atoms with Crippen LogP contribution in [0.25, 0.3) is 28.2 Å². The number of carbonyl (C=O) groups excluding carboxylic acids is 1. The van der Waals surface area contributed by atoms with Crippen LogP contribution in [0.3, 0.4) is 0 Å². The zero-order chi connectivity index (χ0) is 27.1. The highest BCUT2D eigenvalue weighted by Crippen LogP contribution is 2.35. The number of hydrogen-bond donors (Lipinski definition) is 0. The van der Waals surface area contributed by atoms with Crippen LogP contribution in [0, 0.1) is 0 Å². The summed E-state index contributed by atoms with van der Waals surface area (Å²) in [5, 5.41) is 1.98. The van der Waals surface area contributed by atoms with E-state index in [0.29, 0.717) is 32.1 Å². The number of hydrogen-bond acceptors (Lipinski definition) is 6. The molecule has 1 aliphatic heterocycles. The van der Waals surface area contributed by atoms with E-state index in [-0.39, 0.29) is 12.2 Å². The number of allylic oxidation sites excluding steroid dienone is 1. The van der Waals surface area contributed by atoms with Crippen LogP contribution in [0.1, 0.15) is 31.2 Å². The molecule has 6 rings (SSSR count). The van der Waals surface area contributed by atoms with Crippen LogP contribution in [-0.4, -0.2) is 17.1 Å². The van der Waals surface area contributed by atoms with Crippen molar-refractivity contribution in [3.05, 3.63) is 126 Å². The molecule has 0 amide bonds. The molecule has 0 unspecified atom stereocenters. The molecule has 2 aromatic heterocycles. The van der Waals surface area contributed by atoms with E-state index in [1.54, 1.807) is 24.5 Å². The zero-order valence-corrected chi connectivity index (χ0v) is 23.6. The third kappa shape index (κ3) is 4.60. The van der Waals surface area contributed by atoms with Crippen LogP contribution in [0.4, 0.5) is 0 Å². The van der Waals surface area contributed by atoms with Gasteiger partial charge in [-0.15, -0.1) is 0 Å². The maximum Gasteiger partial charge on any atom is 0.338 e. The van der Waals surface area contributed by atoms with Crippen LogP contribution < -0.4 is 14.9 Å². The second kappa shape index (κ2) is 10.3. The van der Waals surface area contributed by atoms with Crippen molar-refractivity contribution in [3.8, 4) is 11.3 Å². The van der Waals surface area contributed by atoms with Crippen molar-refractivity contribution >= 4 is 50.1 Å². The molecule has 194 valence electrons. The standard InChI is InChI=1S/C31H23BrN2O4S/c1-3-37-30(36)27-18(2)33-31-34(28(27)24-10-6-8-19-7-4-5-9-23(19)24)29(35)26(39-31)17-22-15-16-25(38-22)20-11-13-21(32)14-12-20/h4-17,28H,3H2,1-2H3/t28-/m1/s1. The van der Waals surface area contributed by atoms with Gasteiger partial charge >= 0.3 is 5.97 Å². The minimum absolute atomic E-state index is 0.224. The smallest absolute Gasteiger partial charge is 0.338 e. The maximum absolute atomic E-state index is 13.9. The Kier molecular flexibility index (Phi) is 6.66. The van der Waals surface area contributed by atoms with Crippen molar-refractivity contribution in [1.82, 2.24) is 4.57 Å². The molecule has 0 bridgehead atoms. The van der Waals surface area contributed by atoms with E-state index in [4.69, 9.17) is 9.15 Å². The number of thiazole rings is 1. The Bertz CT molecular complexity index is 1940. The molecule has 0 saturated heterocycles. The van der Waals surface area contributed by atoms with Gasteiger partial charge in [-0.05, 0) is 54.4 Å². The number of esters is 1. The van der Waals surface area contributed by atoms with Crippen molar-refractivity contribution < 1.29 is 13.9 Å². The lowest BCUT2D eigenvalue weighted by molar-refractivity contribution is -0.139. The van der Waals surface area contributed by atoms with Gasteiger partial charge in [0.2, 0.25) is 0 Å².